The first-order valence-electron chi connectivity index (χ1n) is 8.39. The Kier molecular flexibility index (Phi) is 7.75. The average molecular weight is 379 g/mol. The van der Waals surface area contributed by atoms with Gasteiger partial charge in [-0.1, -0.05) is 26.0 Å². The monoisotopic (exact) mass is 378 g/mol. The fraction of sp³-hybridized carbons (Fsp3) is 0.611. The molecule has 1 aliphatic heterocycles. The summed E-state index contributed by atoms with van der Waals surface area (Å²) in [6.07, 6.45) is -2.02. The van der Waals surface area contributed by atoms with Gasteiger partial charge in [0.2, 0.25) is 5.91 Å². The molecule has 1 aromatic rings. The second-order valence-corrected chi connectivity index (χ2v) is 6.85. The van der Waals surface area contributed by atoms with Crippen LogP contribution in [0.5, 0.6) is 0 Å². The number of nitrogens with zero attached hydrogens (tertiary/aromatic N) is 1. The van der Waals surface area contributed by atoms with Crippen molar-refractivity contribution in [1.29, 1.82) is 0 Å². The van der Waals surface area contributed by atoms with Crippen LogP contribution in [0.4, 0.5) is 13.2 Å². The zero-order chi connectivity index (χ0) is 17.9. The second kappa shape index (κ2) is 8.90. The van der Waals surface area contributed by atoms with E-state index in [0.29, 0.717) is 25.4 Å². The van der Waals surface area contributed by atoms with E-state index in [2.05, 4.69) is 6.92 Å². The standard InChI is InChI=1S/C18H25F3N2O.ClH/c1-12-7-8-23(16(9-12)11-22)17(24)13(2)10-14-3-5-15(6-4-14)18(19,20)21;/h3-6,12-13,16H,7-11,22H2,1-2H3;1H. The number of hydrogen-bond acceptors (Lipinski definition) is 2. The lowest BCUT2D eigenvalue weighted by Crippen LogP contribution is -2.51. The molecule has 7 heteroatoms. The number of halogens is 4. The molecule has 0 saturated carbocycles. The van der Waals surface area contributed by atoms with Gasteiger partial charge in [-0.2, -0.15) is 13.2 Å². The Morgan fingerprint density at radius 1 is 1.32 bits per heavy atom. The number of carbonyl (C=O) groups is 1. The van der Waals surface area contributed by atoms with Crippen molar-refractivity contribution in [1.82, 2.24) is 4.90 Å². The Labute approximate surface area is 153 Å². The highest BCUT2D eigenvalue weighted by Crippen LogP contribution is 2.30. The molecule has 1 aromatic carbocycles. The first-order chi connectivity index (χ1) is 11.2. The molecule has 0 bridgehead atoms. The van der Waals surface area contributed by atoms with Gasteiger partial charge in [0.05, 0.1) is 5.56 Å². The third-order valence-electron chi connectivity index (χ3n) is 4.78. The lowest BCUT2D eigenvalue weighted by molar-refractivity contribution is -0.139. The Bertz CT molecular complexity index is 562. The Morgan fingerprint density at radius 2 is 1.92 bits per heavy atom. The predicted molar refractivity (Wildman–Crippen MR) is 94.5 cm³/mol. The van der Waals surface area contributed by atoms with Crippen LogP contribution in [-0.4, -0.2) is 29.9 Å². The lowest BCUT2D eigenvalue weighted by Gasteiger charge is -2.39. The van der Waals surface area contributed by atoms with Gasteiger partial charge in [-0.25, -0.2) is 0 Å². The molecule has 0 aliphatic carbocycles. The van der Waals surface area contributed by atoms with E-state index in [1.165, 1.54) is 12.1 Å². The SMILES string of the molecule is CC1CCN(C(=O)C(C)Cc2ccc(C(F)(F)F)cc2)C(CN)C1.Cl. The number of likely N-dealkylation sites (tertiary alicyclic amines) is 1. The average Bonchev–Trinajstić information content (AvgIpc) is 2.53. The zero-order valence-electron chi connectivity index (χ0n) is 14.6. The minimum Gasteiger partial charge on any atom is -0.338 e. The highest BCUT2D eigenvalue weighted by atomic mass is 35.5. The van der Waals surface area contributed by atoms with Crippen LogP contribution in [0.3, 0.4) is 0 Å². The van der Waals surface area contributed by atoms with E-state index in [-0.39, 0.29) is 30.3 Å². The number of amides is 1. The lowest BCUT2D eigenvalue weighted by atomic mass is 9.90. The van der Waals surface area contributed by atoms with Crippen LogP contribution in [0.2, 0.25) is 0 Å². The summed E-state index contributed by atoms with van der Waals surface area (Å²) in [7, 11) is 0. The van der Waals surface area contributed by atoms with E-state index < -0.39 is 11.7 Å². The first kappa shape index (κ1) is 21.8. The Hall–Kier alpha value is -1.27. The van der Waals surface area contributed by atoms with Crippen LogP contribution in [0, 0.1) is 11.8 Å². The molecule has 3 unspecified atom stereocenters. The van der Waals surface area contributed by atoms with E-state index in [4.69, 9.17) is 5.73 Å². The summed E-state index contributed by atoms with van der Waals surface area (Å²) in [4.78, 5) is 14.6. The molecule has 1 amide bonds. The third kappa shape index (κ3) is 5.61. The summed E-state index contributed by atoms with van der Waals surface area (Å²) in [5.74, 6) is 0.328. The van der Waals surface area contributed by atoms with Crippen molar-refractivity contribution < 1.29 is 18.0 Å². The zero-order valence-corrected chi connectivity index (χ0v) is 15.4. The number of carbonyl (C=O) groups excluding carboxylic acids is 1. The molecule has 0 aromatic heterocycles. The van der Waals surface area contributed by atoms with Gasteiger partial charge >= 0.3 is 6.18 Å². The van der Waals surface area contributed by atoms with E-state index in [0.717, 1.165) is 30.5 Å². The maximum atomic E-state index is 12.7. The molecule has 1 saturated heterocycles. The van der Waals surface area contributed by atoms with E-state index in [1.807, 2.05) is 11.8 Å². The predicted octanol–water partition coefficient (Wildman–Crippen LogP) is 3.89. The van der Waals surface area contributed by atoms with Crippen molar-refractivity contribution in [2.75, 3.05) is 13.1 Å². The number of piperidine rings is 1. The molecular formula is C18H26ClF3N2O. The van der Waals surface area contributed by atoms with Crippen LogP contribution >= 0.6 is 12.4 Å². The van der Waals surface area contributed by atoms with Gasteiger partial charge in [-0.3, -0.25) is 4.79 Å². The maximum Gasteiger partial charge on any atom is 0.416 e. The number of rotatable bonds is 4. The molecule has 0 radical (unpaired) electrons. The smallest absolute Gasteiger partial charge is 0.338 e. The van der Waals surface area contributed by atoms with Crippen molar-refractivity contribution >= 4 is 18.3 Å². The molecule has 142 valence electrons. The molecule has 0 spiro atoms. The molecule has 1 fully saturated rings. The summed E-state index contributed by atoms with van der Waals surface area (Å²) in [6, 6.07) is 5.10. The summed E-state index contributed by atoms with van der Waals surface area (Å²) in [5, 5.41) is 0. The highest BCUT2D eigenvalue weighted by Gasteiger charge is 2.32. The molecule has 25 heavy (non-hydrogen) atoms. The van der Waals surface area contributed by atoms with E-state index >= 15 is 0 Å². The number of nitrogens with two attached hydrogens (primary N) is 1. The van der Waals surface area contributed by atoms with Crippen molar-refractivity contribution in [3.05, 3.63) is 35.4 Å². The first-order valence-corrected chi connectivity index (χ1v) is 8.39. The molecule has 3 atom stereocenters. The van der Waals surface area contributed by atoms with Gasteiger partial charge in [-0.05, 0) is 42.9 Å². The Balaban J connectivity index is 0.00000312. The summed E-state index contributed by atoms with van der Waals surface area (Å²) in [5.41, 5.74) is 5.87. The van der Waals surface area contributed by atoms with Gasteiger partial charge in [0.25, 0.3) is 0 Å². The second-order valence-electron chi connectivity index (χ2n) is 6.85. The largest absolute Gasteiger partial charge is 0.416 e. The summed E-state index contributed by atoms with van der Waals surface area (Å²) < 4.78 is 37.8. The minimum atomic E-state index is -4.33. The number of alkyl halides is 3. The van der Waals surface area contributed by atoms with Crippen molar-refractivity contribution in [3.8, 4) is 0 Å². The van der Waals surface area contributed by atoms with Crippen LogP contribution in [0.1, 0.15) is 37.8 Å². The topological polar surface area (TPSA) is 46.3 Å². The molecule has 1 aliphatic rings. The maximum absolute atomic E-state index is 12.7. The molecule has 2 rings (SSSR count). The number of hydrogen-bond donors (Lipinski definition) is 1. The highest BCUT2D eigenvalue weighted by molar-refractivity contribution is 5.85. The number of benzene rings is 1. The van der Waals surface area contributed by atoms with Gasteiger partial charge in [0.1, 0.15) is 0 Å². The van der Waals surface area contributed by atoms with Crippen molar-refractivity contribution in [2.45, 2.75) is 45.3 Å². The minimum absolute atomic E-state index is 0. The quantitative estimate of drug-likeness (QED) is 0.863. The van der Waals surface area contributed by atoms with Crippen LogP contribution in [0.25, 0.3) is 0 Å². The normalized spacial score (nSPS) is 22.2. The van der Waals surface area contributed by atoms with Crippen molar-refractivity contribution in [2.24, 2.45) is 17.6 Å². The molecule has 1 heterocycles. The Morgan fingerprint density at radius 3 is 2.44 bits per heavy atom. The fourth-order valence-electron chi connectivity index (χ4n) is 3.32. The van der Waals surface area contributed by atoms with Gasteiger partial charge in [0, 0.05) is 25.0 Å². The van der Waals surface area contributed by atoms with Crippen LogP contribution in [0.15, 0.2) is 24.3 Å². The van der Waals surface area contributed by atoms with E-state index in [1.54, 1.807) is 0 Å². The van der Waals surface area contributed by atoms with Gasteiger partial charge in [-0.15, -0.1) is 12.4 Å². The third-order valence-corrected chi connectivity index (χ3v) is 4.78. The van der Waals surface area contributed by atoms with E-state index in [9.17, 15) is 18.0 Å². The molecular weight excluding hydrogens is 353 g/mol. The summed E-state index contributed by atoms with van der Waals surface area (Å²) >= 11 is 0. The molecule has 3 nitrogen and oxygen atoms in total. The fourth-order valence-corrected chi connectivity index (χ4v) is 3.32. The van der Waals surface area contributed by atoms with Gasteiger partial charge < -0.3 is 10.6 Å². The van der Waals surface area contributed by atoms with Crippen LogP contribution in [-0.2, 0) is 17.4 Å². The van der Waals surface area contributed by atoms with Crippen LogP contribution < -0.4 is 5.73 Å². The summed E-state index contributed by atoms with van der Waals surface area (Å²) in [6.45, 7) is 5.14. The van der Waals surface area contributed by atoms with Crippen molar-refractivity contribution in [3.63, 3.8) is 0 Å². The molecule has 2 N–H and O–H groups in total. The van der Waals surface area contributed by atoms with Gasteiger partial charge in [0.15, 0.2) is 0 Å².